The third kappa shape index (κ3) is 3.09. The van der Waals surface area contributed by atoms with Crippen molar-refractivity contribution in [1.82, 2.24) is 9.88 Å². The molecule has 94 valence electrons. The van der Waals surface area contributed by atoms with Crippen molar-refractivity contribution < 1.29 is 4.79 Å². The van der Waals surface area contributed by atoms with Gasteiger partial charge in [-0.1, -0.05) is 17.7 Å². The van der Waals surface area contributed by atoms with Crippen LogP contribution in [-0.2, 0) is 6.54 Å². The fourth-order valence-electron chi connectivity index (χ4n) is 1.60. The number of thiophene rings is 1. The van der Waals surface area contributed by atoms with Crippen molar-refractivity contribution in [1.29, 1.82) is 0 Å². The van der Waals surface area contributed by atoms with Gasteiger partial charge in [0.2, 0.25) is 0 Å². The van der Waals surface area contributed by atoms with Crippen LogP contribution in [0.5, 0.6) is 0 Å². The smallest absolute Gasteiger partial charge is 0.272 e. The predicted octanol–water partition coefficient (Wildman–Crippen LogP) is 3.46. The summed E-state index contributed by atoms with van der Waals surface area (Å²) in [5, 5.41) is 0. The molecule has 0 aliphatic rings. The van der Waals surface area contributed by atoms with Crippen LogP contribution in [0, 0.1) is 0 Å². The average Bonchev–Trinajstić information content (AvgIpc) is 2.82. The molecule has 0 radical (unpaired) electrons. The summed E-state index contributed by atoms with van der Waals surface area (Å²) in [5.74, 6) is -0.0531. The molecular weight excluding hydrogens is 268 g/mol. The summed E-state index contributed by atoms with van der Waals surface area (Å²) in [4.78, 5) is 19.1. The molecule has 18 heavy (non-hydrogen) atoms. The highest BCUT2D eigenvalue weighted by Gasteiger charge is 2.15. The van der Waals surface area contributed by atoms with Crippen LogP contribution >= 0.6 is 22.9 Å². The lowest BCUT2D eigenvalue weighted by Crippen LogP contribution is -2.30. The Labute approximate surface area is 115 Å². The van der Waals surface area contributed by atoms with E-state index in [9.17, 15) is 4.79 Å². The predicted molar refractivity (Wildman–Crippen MR) is 74.0 cm³/mol. The van der Waals surface area contributed by atoms with Crippen molar-refractivity contribution in [2.75, 3.05) is 6.54 Å². The van der Waals surface area contributed by atoms with E-state index in [1.54, 1.807) is 23.2 Å². The normalized spacial score (nSPS) is 10.3. The zero-order valence-corrected chi connectivity index (χ0v) is 11.5. The lowest BCUT2D eigenvalue weighted by Gasteiger charge is -2.19. The van der Waals surface area contributed by atoms with Crippen molar-refractivity contribution in [3.05, 3.63) is 51.4 Å². The molecule has 0 saturated heterocycles. The molecule has 0 saturated carbocycles. The molecular formula is C13H13ClN2OS. The molecule has 0 bridgehead atoms. The zero-order chi connectivity index (χ0) is 13.0. The molecule has 0 fully saturated rings. The monoisotopic (exact) mass is 280 g/mol. The van der Waals surface area contributed by atoms with Gasteiger partial charge in [0.05, 0.1) is 10.9 Å². The summed E-state index contributed by atoms with van der Waals surface area (Å²) < 4.78 is 0.742. The second kappa shape index (κ2) is 5.98. The van der Waals surface area contributed by atoms with E-state index in [2.05, 4.69) is 4.98 Å². The van der Waals surface area contributed by atoms with E-state index in [1.807, 2.05) is 25.1 Å². The Kier molecular flexibility index (Phi) is 4.33. The van der Waals surface area contributed by atoms with Gasteiger partial charge in [-0.3, -0.25) is 9.78 Å². The highest BCUT2D eigenvalue weighted by atomic mass is 35.5. The van der Waals surface area contributed by atoms with E-state index in [0.29, 0.717) is 18.8 Å². The van der Waals surface area contributed by atoms with Crippen LogP contribution in [0.25, 0.3) is 0 Å². The number of rotatable bonds is 4. The first-order valence-electron chi connectivity index (χ1n) is 5.65. The highest BCUT2D eigenvalue weighted by Crippen LogP contribution is 2.23. The van der Waals surface area contributed by atoms with Gasteiger partial charge in [0.15, 0.2) is 0 Å². The summed E-state index contributed by atoms with van der Waals surface area (Å²) in [6, 6.07) is 9.14. The van der Waals surface area contributed by atoms with Gasteiger partial charge in [-0.15, -0.1) is 11.3 Å². The van der Waals surface area contributed by atoms with Crippen molar-refractivity contribution >= 4 is 28.8 Å². The molecule has 1 amide bonds. The number of amides is 1. The van der Waals surface area contributed by atoms with E-state index in [4.69, 9.17) is 11.6 Å². The standard InChI is InChI=1S/C13H13ClN2OS/c1-2-16(9-10-6-7-12(14)18-10)13(17)11-5-3-4-8-15-11/h3-8H,2,9H2,1H3. The maximum Gasteiger partial charge on any atom is 0.272 e. The third-order valence-corrected chi connectivity index (χ3v) is 3.74. The summed E-state index contributed by atoms with van der Waals surface area (Å²) in [6.45, 7) is 3.17. The first-order chi connectivity index (χ1) is 8.70. The van der Waals surface area contributed by atoms with Crippen molar-refractivity contribution in [2.24, 2.45) is 0 Å². The number of nitrogens with zero attached hydrogens (tertiary/aromatic N) is 2. The highest BCUT2D eigenvalue weighted by molar-refractivity contribution is 7.16. The van der Waals surface area contributed by atoms with Gasteiger partial charge in [0, 0.05) is 17.6 Å². The lowest BCUT2D eigenvalue weighted by molar-refractivity contribution is 0.0748. The molecule has 0 aromatic carbocycles. The average molecular weight is 281 g/mol. The molecule has 0 N–H and O–H groups in total. The molecule has 0 spiro atoms. The first kappa shape index (κ1) is 13.1. The van der Waals surface area contributed by atoms with E-state index in [-0.39, 0.29) is 5.91 Å². The van der Waals surface area contributed by atoms with Crippen LogP contribution < -0.4 is 0 Å². The molecule has 0 aliphatic carbocycles. The van der Waals surface area contributed by atoms with Crippen LogP contribution in [0.2, 0.25) is 4.34 Å². The van der Waals surface area contributed by atoms with Crippen LogP contribution in [0.1, 0.15) is 22.3 Å². The topological polar surface area (TPSA) is 33.2 Å². The fraction of sp³-hybridized carbons (Fsp3) is 0.231. The molecule has 5 heteroatoms. The summed E-state index contributed by atoms with van der Waals surface area (Å²) in [7, 11) is 0. The second-order valence-electron chi connectivity index (χ2n) is 3.74. The molecule has 0 unspecified atom stereocenters. The molecule has 0 atom stereocenters. The Morgan fingerprint density at radius 1 is 1.39 bits per heavy atom. The SMILES string of the molecule is CCN(Cc1ccc(Cl)s1)C(=O)c1ccccn1. The number of pyridine rings is 1. The number of carbonyl (C=O) groups excluding carboxylic acids is 1. The molecule has 2 aromatic heterocycles. The van der Waals surface area contributed by atoms with Gasteiger partial charge < -0.3 is 4.90 Å². The minimum atomic E-state index is -0.0531. The Hall–Kier alpha value is -1.39. The zero-order valence-electron chi connectivity index (χ0n) is 9.97. The summed E-state index contributed by atoms with van der Waals surface area (Å²) in [6.07, 6.45) is 1.63. The van der Waals surface area contributed by atoms with E-state index in [1.165, 1.54) is 11.3 Å². The number of hydrogen-bond donors (Lipinski definition) is 0. The Morgan fingerprint density at radius 2 is 2.22 bits per heavy atom. The van der Waals surface area contributed by atoms with Gasteiger partial charge in [0.1, 0.15) is 5.69 Å². The molecule has 2 heterocycles. The largest absolute Gasteiger partial charge is 0.332 e. The van der Waals surface area contributed by atoms with Crippen LogP contribution in [-0.4, -0.2) is 22.3 Å². The van der Waals surface area contributed by atoms with Gasteiger partial charge >= 0.3 is 0 Å². The van der Waals surface area contributed by atoms with Gasteiger partial charge in [0.25, 0.3) is 5.91 Å². The third-order valence-electron chi connectivity index (χ3n) is 2.53. The Morgan fingerprint density at radius 3 is 2.78 bits per heavy atom. The maximum absolute atomic E-state index is 12.2. The summed E-state index contributed by atoms with van der Waals surface area (Å²) >= 11 is 7.38. The minimum absolute atomic E-state index is 0.0531. The quantitative estimate of drug-likeness (QED) is 0.859. The first-order valence-corrected chi connectivity index (χ1v) is 6.84. The number of halogens is 1. The van der Waals surface area contributed by atoms with Crippen LogP contribution in [0.3, 0.4) is 0 Å². The van der Waals surface area contributed by atoms with Crippen molar-refractivity contribution in [3.8, 4) is 0 Å². The number of carbonyl (C=O) groups is 1. The number of hydrogen-bond acceptors (Lipinski definition) is 3. The molecule has 2 rings (SSSR count). The number of aromatic nitrogens is 1. The summed E-state index contributed by atoms with van der Waals surface area (Å²) in [5.41, 5.74) is 0.474. The van der Waals surface area contributed by atoms with Crippen molar-refractivity contribution in [3.63, 3.8) is 0 Å². The second-order valence-corrected chi connectivity index (χ2v) is 5.54. The minimum Gasteiger partial charge on any atom is -0.332 e. The molecule has 0 aliphatic heterocycles. The van der Waals surface area contributed by atoms with Crippen molar-refractivity contribution in [2.45, 2.75) is 13.5 Å². The molecule has 3 nitrogen and oxygen atoms in total. The van der Waals surface area contributed by atoms with Gasteiger partial charge in [-0.05, 0) is 31.2 Å². The van der Waals surface area contributed by atoms with Gasteiger partial charge in [-0.25, -0.2) is 0 Å². The molecule has 2 aromatic rings. The van der Waals surface area contributed by atoms with E-state index >= 15 is 0 Å². The van der Waals surface area contributed by atoms with Crippen LogP contribution in [0.4, 0.5) is 0 Å². The van der Waals surface area contributed by atoms with Crippen LogP contribution in [0.15, 0.2) is 36.5 Å². The van der Waals surface area contributed by atoms with E-state index in [0.717, 1.165) is 9.21 Å². The Bertz CT molecular complexity index is 527. The lowest BCUT2D eigenvalue weighted by atomic mass is 10.3. The van der Waals surface area contributed by atoms with E-state index < -0.39 is 0 Å². The Balaban J connectivity index is 2.12. The fourth-order valence-corrected chi connectivity index (χ4v) is 2.71. The maximum atomic E-state index is 12.2. The van der Waals surface area contributed by atoms with Gasteiger partial charge in [-0.2, -0.15) is 0 Å².